The first kappa shape index (κ1) is 20.3. The predicted octanol–water partition coefficient (Wildman–Crippen LogP) is 1.49. The highest BCUT2D eigenvalue weighted by Crippen LogP contribution is 2.29. The van der Waals surface area contributed by atoms with Crippen molar-refractivity contribution in [1.29, 1.82) is 0 Å². The van der Waals surface area contributed by atoms with Crippen LogP contribution in [-0.2, 0) is 31.4 Å². The van der Waals surface area contributed by atoms with Crippen molar-refractivity contribution < 1.29 is 26.4 Å². The van der Waals surface area contributed by atoms with Crippen LogP contribution in [0, 0.1) is 5.92 Å². The lowest BCUT2D eigenvalue weighted by Gasteiger charge is -2.16. The van der Waals surface area contributed by atoms with E-state index in [1.807, 2.05) is 0 Å². The molecule has 1 saturated heterocycles. The van der Waals surface area contributed by atoms with E-state index in [-0.39, 0.29) is 22.9 Å². The Morgan fingerprint density at radius 2 is 1.79 bits per heavy atom. The van der Waals surface area contributed by atoms with E-state index in [1.54, 1.807) is 31.2 Å². The molecule has 0 unspecified atom stereocenters. The summed E-state index contributed by atoms with van der Waals surface area (Å²) in [7, 11) is -6.07. The first-order valence-corrected chi connectivity index (χ1v) is 11.5. The number of sulfonamides is 2. The van der Waals surface area contributed by atoms with Crippen LogP contribution in [0.2, 0.25) is 0 Å². The molecule has 3 rings (SSSR count). The van der Waals surface area contributed by atoms with E-state index in [2.05, 4.69) is 4.72 Å². The Bertz CT molecular complexity index is 1100. The molecular weight excluding hydrogens is 404 g/mol. The van der Waals surface area contributed by atoms with Crippen LogP contribution < -0.4 is 13.8 Å². The Labute approximate surface area is 164 Å². The van der Waals surface area contributed by atoms with Crippen molar-refractivity contribution in [1.82, 2.24) is 4.72 Å². The molecule has 1 fully saturated rings. The third-order valence-corrected chi connectivity index (χ3v) is 7.67. The third kappa shape index (κ3) is 3.89. The van der Waals surface area contributed by atoms with E-state index in [0.717, 1.165) is 4.31 Å². The van der Waals surface area contributed by atoms with Crippen molar-refractivity contribution >= 4 is 31.6 Å². The number of anilines is 1. The van der Waals surface area contributed by atoms with Crippen molar-refractivity contribution in [2.45, 2.75) is 18.4 Å². The van der Waals surface area contributed by atoms with Gasteiger partial charge in [-0.15, -0.1) is 0 Å². The second kappa shape index (κ2) is 7.53. The minimum absolute atomic E-state index is 0.0323. The van der Waals surface area contributed by atoms with Gasteiger partial charge in [-0.05, 0) is 30.3 Å². The Kier molecular flexibility index (Phi) is 5.46. The average molecular weight is 425 g/mol. The van der Waals surface area contributed by atoms with E-state index in [1.165, 1.54) is 31.4 Å². The molecule has 1 aliphatic heterocycles. The zero-order valence-corrected chi connectivity index (χ0v) is 17.0. The van der Waals surface area contributed by atoms with Gasteiger partial charge in [-0.25, -0.2) is 25.9 Å². The molecule has 28 heavy (non-hydrogen) atoms. The molecule has 1 N–H and O–H groups in total. The number of ether oxygens (including phenoxy) is 1. The quantitative estimate of drug-likeness (QED) is 0.752. The van der Waals surface area contributed by atoms with Crippen molar-refractivity contribution in [3.05, 3.63) is 54.1 Å². The smallest absolute Gasteiger partial charge is 0.244 e. The summed E-state index contributed by atoms with van der Waals surface area (Å²) in [5, 5.41) is 0. The standard InChI is InChI=1S/C18H20N2O6S2/c1-13-12-27(22,23)20(18(13)21)15-7-9-16(10-8-15)28(24,25)19-11-14-5-3-4-6-17(14)26-2/h3-10,13,19H,11-12H2,1-2H3/t13-/m1/s1. The molecule has 1 amide bonds. The summed E-state index contributed by atoms with van der Waals surface area (Å²) in [5.41, 5.74) is 0.797. The van der Waals surface area contributed by atoms with Gasteiger partial charge in [-0.1, -0.05) is 25.1 Å². The highest BCUT2D eigenvalue weighted by atomic mass is 32.2. The van der Waals surface area contributed by atoms with Gasteiger partial charge < -0.3 is 4.74 Å². The summed E-state index contributed by atoms with van der Waals surface area (Å²) >= 11 is 0. The van der Waals surface area contributed by atoms with Gasteiger partial charge in [0.2, 0.25) is 26.0 Å². The van der Waals surface area contributed by atoms with Gasteiger partial charge in [0.05, 0.1) is 29.4 Å². The molecule has 8 nitrogen and oxygen atoms in total. The zero-order chi connectivity index (χ0) is 20.5. The van der Waals surface area contributed by atoms with Gasteiger partial charge >= 0.3 is 0 Å². The van der Waals surface area contributed by atoms with Crippen molar-refractivity contribution in [3.63, 3.8) is 0 Å². The summed E-state index contributed by atoms with van der Waals surface area (Å²) in [6, 6.07) is 12.2. The van der Waals surface area contributed by atoms with Gasteiger partial charge in [0.15, 0.2) is 0 Å². The number of amides is 1. The van der Waals surface area contributed by atoms with E-state index in [4.69, 9.17) is 4.74 Å². The molecular formula is C18H20N2O6S2. The summed E-state index contributed by atoms with van der Waals surface area (Å²) < 4.78 is 57.8. The number of methoxy groups -OCH3 is 1. The predicted molar refractivity (Wildman–Crippen MR) is 104 cm³/mol. The molecule has 0 aromatic heterocycles. The first-order chi connectivity index (χ1) is 13.2. The Morgan fingerprint density at radius 1 is 1.14 bits per heavy atom. The summed E-state index contributed by atoms with van der Waals surface area (Å²) in [6.07, 6.45) is 0. The fourth-order valence-electron chi connectivity index (χ4n) is 2.95. The number of hydrogen-bond donors (Lipinski definition) is 1. The van der Waals surface area contributed by atoms with E-state index in [0.29, 0.717) is 11.3 Å². The van der Waals surface area contributed by atoms with Crippen molar-refractivity contribution in [2.24, 2.45) is 5.92 Å². The van der Waals surface area contributed by atoms with Crippen LogP contribution in [0.5, 0.6) is 5.75 Å². The number of rotatable bonds is 6. The molecule has 0 bridgehead atoms. The summed E-state index contributed by atoms with van der Waals surface area (Å²) in [6.45, 7) is 1.57. The monoisotopic (exact) mass is 424 g/mol. The van der Waals surface area contributed by atoms with Crippen LogP contribution in [0.4, 0.5) is 5.69 Å². The number of carbonyl (C=O) groups excluding carboxylic acids is 1. The lowest BCUT2D eigenvalue weighted by Crippen LogP contribution is -2.30. The number of para-hydroxylation sites is 1. The highest BCUT2D eigenvalue weighted by Gasteiger charge is 2.41. The number of nitrogens with zero attached hydrogens (tertiary/aromatic N) is 1. The van der Waals surface area contributed by atoms with Gasteiger partial charge in [0.1, 0.15) is 5.75 Å². The first-order valence-electron chi connectivity index (χ1n) is 8.44. The lowest BCUT2D eigenvalue weighted by molar-refractivity contribution is -0.119. The minimum Gasteiger partial charge on any atom is -0.496 e. The average Bonchev–Trinajstić information content (AvgIpc) is 2.87. The second-order valence-electron chi connectivity index (χ2n) is 6.41. The fourth-order valence-corrected chi connectivity index (χ4v) is 5.78. The maximum absolute atomic E-state index is 12.5. The topological polar surface area (TPSA) is 110 Å². The Balaban J connectivity index is 1.80. The number of nitrogens with one attached hydrogen (secondary N) is 1. The van der Waals surface area contributed by atoms with Crippen LogP contribution in [-0.4, -0.2) is 35.6 Å². The summed E-state index contributed by atoms with van der Waals surface area (Å²) in [5.74, 6) is -0.847. The maximum atomic E-state index is 12.5. The molecule has 1 heterocycles. The number of hydrogen-bond acceptors (Lipinski definition) is 6. The molecule has 0 saturated carbocycles. The van der Waals surface area contributed by atoms with E-state index >= 15 is 0 Å². The third-order valence-electron chi connectivity index (χ3n) is 4.39. The fraction of sp³-hybridized carbons (Fsp3) is 0.278. The highest BCUT2D eigenvalue weighted by molar-refractivity contribution is 7.94. The molecule has 2 aromatic carbocycles. The van der Waals surface area contributed by atoms with Crippen LogP contribution >= 0.6 is 0 Å². The largest absolute Gasteiger partial charge is 0.496 e. The van der Waals surface area contributed by atoms with Gasteiger partial charge in [-0.3, -0.25) is 4.79 Å². The van der Waals surface area contributed by atoms with Gasteiger partial charge in [-0.2, -0.15) is 0 Å². The number of carbonyl (C=O) groups is 1. The maximum Gasteiger partial charge on any atom is 0.244 e. The van der Waals surface area contributed by atoms with Crippen LogP contribution in [0.15, 0.2) is 53.4 Å². The molecule has 0 aliphatic carbocycles. The molecule has 0 spiro atoms. The van der Waals surface area contributed by atoms with Crippen LogP contribution in [0.1, 0.15) is 12.5 Å². The van der Waals surface area contributed by atoms with Gasteiger partial charge in [0, 0.05) is 12.1 Å². The SMILES string of the molecule is COc1ccccc1CNS(=O)(=O)c1ccc(N2C(=O)[C@H](C)CS2(=O)=O)cc1. The molecule has 2 aromatic rings. The van der Waals surface area contributed by atoms with E-state index in [9.17, 15) is 21.6 Å². The zero-order valence-electron chi connectivity index (χ0n) is 15.3. The molecule has 10 heteroatoms. The van der Waals surface area contributed by atoms with Gasteiger partial charge in [0.25, 0.3) is 0 Å². The molecule has 1 atom stereocenters. The van der Waals surface area contributed by atoms with Crippen LogP contribution in [0.25, 0.3) is 0 Å². The Hall–Kier alpha value is -2.43. The molecule has 0 radical (unpaired) electrons. The van der Waals surface area contributed by atoms with E-state index < -0.39 is 31.9 Å². The Morgan fingerprint density at radius 3 is 2.36 bits per heavy atom. The minimum atomic E-state index is -3.84. The normalized spacial score (nSPS) is 19.0. The van der Waals surface area contributed by atoms with Crippen molar-refractivity contribution in [2.75, 3.05) is 17.2 Å². The molecule has 1 aliphatic rings. The second-order valence-corrected chi connectivity index (χ2v) is 10.0. The van der Waals surface area contributed by atoms with Crippen molar-refractivity contribution in [3.8, 4) is 5.75 Å². The van der Waals surface area contributed by atoms with Crippen LogP contribution in [0.3, 0.4) is 0 Å². The number of benzene rings is 2. The summed E-state index contributed by atoms with van der Waals surface area (Å²) in [4.78, 5) is 12.1. The molecule has 150 valence electrons. The lowest BCUT2D eigenvalue weighted by atomic mass is 10.2.